The van der Waals surface area contributed by atoms with Crippen LogP contribution in [0.5, 0.6) is 0 Å². The molecule has 2 rings (SSSR count). The van der Waals surface area contributed by atoms with E-state index in [1.165, 1.54) is 0 Å². The molecule has 92 valence electrons. The molecule has 1 unspecified atom stereocenters. The highest BCUT2D eigenvalue weighted by Gasteiger charge is 2.23. The summed E-state index contributed by atoms with van der Waals surface area (Å²) in [6.45, 7) is 1.30. The number of carbonyl (C=O) groups excluding carboxylic acids is 1. The summed E-state index contributed by atoms with van der Waals surface area (Å²) in [7, 11) is 0. The van der Waals surface area contributed by atoms with Gasteiger partial charge in [0.15, 0.2) is 0 Å². The number of ether oxygens (including phenoxy) is 2. The largest absolute Gasteiger partial charge is 0.461 e. The predicted octanol–water partition coefficient (Wildman–Crippen LogP) is 1.41. The Morgan fingerprint density at radius 2 is 1.94 bits per heavy atom. The van der Waals surface area contributed by atoms with Crippen molar-refractivity contribution in [2.75, 3.05) is 13.2 Å². The first kappa shape index (κ1) is 12.1. The van der Waals surface area contributed by atoms with Gasteiger partial charge in [0.2, 0.25) is 0 Å². The minimum atomic E-state index is -0.695. The highest BCUT2D eigenvalue weighted by molar-refractivity contribution is 5.77. The predicted molar refractivity (Wildman–Crippen MR) is 63.3 cm³/mol. The van der Waals surface area contributed by atoms with Crippen molar-refractivity contribution in [1.29, 1.82) is 0 Å². The smallest absolute Gasteiger partial charge is 0.327 e. The van der Waals surface area contributed by atoms with Crippen LogP contribution in [0.3, 0.4) is 0 Å². The van der Waals surface area contributed by atoms with Crippen molar-refractivity contribution in [1.82, 2.24) is 0 Å². The molecule has 0 spiro atoms. The number of hydrogen-bond acceptors (Lipinski definition) is 4. The lowest BCUT2D eigenvalue weighted by atomic mass is 10.1. The number of nitrogens with two attached hydrogens (primary N) is 1. The number of hydrogen-bond donors (Lipinski definition) is 1. The van der Waals surface area contributed by atoms with Crippen molar-refractivity contribution in [3.8, 4) is 0 Å². The van der Waals surface area contributed by atoms with Crippen LogP contribution in [0.25, 0.3) is 0 Å². The van der Waals surface area contributed by atoms with Gasteiger partial charge in [0.25, 0.3) is 0 Å². The SMILES string of the molecule is NC(C(=O)OC1CCOCC1)c1ccccc1. The summed E-state index contributed by atoms with van der Waals surface area (Å²) in [6, 6.07) is 8.57. The van der Waals surface area contributed by atoms with Gasteiger partial charge in [-0.15, -0.1) is 0 Å². The molecule has 0 bridgehead atoms. The Kier molecular flexibility index (Phi) is 4.12. The van der Waals surface area contributed by atoms with E-state index in [4.69, 9.17) is 15.2 Å². The fraction of sp³-hybridized carbons (Fsp3) is 0.462. The van der Waals surface area contributed by atoms with E-state index < -0.39 is 6.04 Å². The van der Waals surface area contributed by atoms with Gasteiger partial charge in [-0.25, -0.2) is 4.79 Å². The number of esters is 1. The van der Waals surface area contributed by atoms with Gasteiger partial charge >= 0.3 is 5.97 Å². The third-order valence-electron chi connectivity index (χ3n) is 2.86. The van der Waals surface area contributed by atoms with Gasteiger partial charge in [-0.3, -0.25) is 0 Å². The van der Waals surface area contributed by atoms with Crippen molar-refractivity contribution in [2.45, 2.75) is 25.0 Å². The average Bonchev–Trinajstić information content (AvgIpc) is 2.40. The molecule has 0 amide bonds. The summed E-state index contributed by atoms with van der Waals surface area (Å²) in [5, 5.41) is 0. The molecule has 1 heterocycles. The molecule has 4 nitrogen and oxygen atoms in total. The van der Waals surface area contributed by atoms with Crippen molar-refractivity contribution < 1.29 is 14.3 Å². The zero-order valence-electron chi connectivity index (χ0n) is 9.67. The topological polar surface area (TPSA) is 61.6 Å². The van der Waals surface area contributed by atoms with E-state index in [9.17, 15) is 4.79 Å². The van der Waals surface area contributed by atoms with Crippen molar-refractivity contribution in [3.63, 3.8) is 0 Å². The van der Waals surface area contributed by atoms with Crippen LogP contribution in [0.1, 0.15) is 24.4 Å². The molecule has 17 heavy (non-hydrogen) atoms. The van der Waals surface area contributed by atoms with E-state index in [-0.39, 0.29) is 12.1 Å². The molecule has 0 aliphatic carbocycles. The third-order valence-corrected chi connectivity index (χ3v) is 2.86. The normalized spacial score (nSPS) is 18.6. The molecular formula is C13H17NO3. The van der Waals surface area contributed by atoms with Crippen LogP contribution < -0.4 is 5.73 Å². The molecule has 0 radical (unpaired) electrons. The highest BCUT2D eigenvalue weighted by Crippen LogP contribution is 2.16. The van der Waals surface area contributed by atoms with Crippen molar-refractivity contribution >= 4 is 5.97 Å². The second-order valence-electron chi connectivity index (χ2n) is 4.14. The van der Waals surface area contributed by atoms with Crippen LogP contribution in [-0.4, -0.2) is 25.3 Å². The molecule has 2 N–H and O–H groups in total. The summed E-state index contributed by atoms with van der Waals surface area (Å²) in [4.78, 5) is 11.8. The lowest BCUT2D eigenvalue weighted by Crippen LogP contribution is -2.31. The van der Waals surface area contributed by atoms with Gasteiger partial charge < -0.3 is 15.2 Å². The Bertz CT molecular complexity index is 360. The molecule has 4 heteroatoms. The molecular weight excluding hydrogens is 218 g/mol. The van der Waals surface area contributed by atoms with Crippen LogP contribution in [0, 0.1) is 0 Å². The zero-order chi connectivity index (χ0) is 12.1. The van der Waals surface area contributed by atoms with Gasteiger partial charge in [0, 0.05) is 12.8 Å². The minimum Gasteiger partial charge on any atom is -0.461 e. The third kappa shape index (κ3) is 3.28. The molecule has 0 aromatic heterocycles. The van der Waals surface area contributed by atoms with Crippen LogP contribution in [-0.2, 0) is 14.3 Å². The maximum Gasteiger partial charge on any atom is 0.327 e. The summed E-state index contributed by atoms with van der Waals surface area (Å²) in [6.07, 6.45) is 1.46. The van der Waals surface area contributed by atoms with Crippen molar-refractivity contribution in [2.24, 2.45) is 5.73 Å². The lowest BCUT2D eigenvalue weighted by Gasteiger charge is -2.23. The van der Waals surface area contributed by atoms with E-state index in [2.05, 4.69) is 0 Å². The van der Waals surface area contributed by atoms with E-state index >= 15 is 0 Å². The molecule has 1 aromatic carbocycles. The number of rotatable bonds is 3. The first-order chi connectivity index (χ1) is 8.27. The van der Waals surface area contributed by atoms with Gasteiger partial charge in [-0.2, -0.15) is 0 Å². The van der Waals surface area contributed by atoms with E-state index in [0.717, 1.165) is 18.4 Å². The van der Waals surface area contributed by atoms with Gasteiger partial charge in [-0.1, -0.05) is 30.3 Å². The highest BCUT2D eigenvalue weighted by atomic mass is 16.6. The fourth-order valence-electron chi connectivity index (χ4n) is 1.83. The lowest BCUT2D eigenvalue weighted by molar-refractivity contribution is -0.154. The average molecular weight is 235 g/mol. The molecule has 1 fully saturated rings. The monoisotopic (exact) mass is 235 g/mol. The van der Waals surface area contributed by atoms with Crippen LogP contribution >= 0.6 is 0 Å². The molecule has 1 aliphatic rings. The Balaban J connectivity index is 1.91. The number of benzene rings is 1. The molecule has 1 atom stereocenters. The quantitative estimate of drug-likeness (QED) is 0.805. The van der Waals surface area contributed by atoms with Crippen LogP contribution in [0.15, 0.2) is 30.3 Å². The van der Waals surface area contributed by atoms with Crippen LogP contribution in [0.2, 0.25) is 0 Å². The Labute approximate surface area is 101 Å². The van der Waals surface area contributed by atoms with E-state index in [0.29, 0.717) is 13.2 Å². The minimum absolute atomic E-state index is 0.0500. The van der Waals surface area contributed by atoms with Gasteiger partial charge in [0.1, 0.15) is 12.1 Å². The van der Waals surface area contributed by atoms with E-state index in [1.54, 1.807) is 0 Å². The Morgan fingerprint density at radius 3 is 2.59 bits per heavy atom. The first-order valence-electron chi connectivity index (χ1n) is 5.86. The Hall–Kier alpha value is -1.39. The first-order valence-corrected chi connectivity index (χ1v) is 5.86. The second kappa shape index (κ2) is 5.80. The van der Waals surface area contributed by atoms with Crippen LogP contribution in [0.4, 0.5) is 0 Å². The zero-order valence-corrected chi connectivity index (χ0v) is 9.67. The summed E-state index contributed by atoms with van der Waals surface area (Å²) in [5.41, 5.74) is 6.63. The van der Waals surface area contributed by atoms with Gasteiger partial charge in [-0.05, 0) is 5.56 Å². The van der Waals surface area contributed by atoms with E-state index in [1.807, 2.05) is 30.3 Å². The molecule has 0 saturated carbocycles. The maximum absolute atomic E-state index is 11.8. The summed E-state index contributed by atoms with van der Waals surface area (Å²) < 4.78 is 10.6. The van der Waals surface area contributed by atoms with Gasteiger partial charge in [0.05, 0.1) is 13.2 Å². The molecule has 1 aromatic rings. The summed E-state index contributed by atoms with van der Waals surface area (Å²) >= 11 is 0. The standard InChI is InChI=1S/C13H17NO3/c14-12(10-4-2-1-3-5-10)13(15)17-11-6-8-16-9-7-11/h1-5,11-12H,6-9,14H2. The molecule has 1 aliphatic heterocycles. The maximum atomic E-state index is 11.8. The summed E-state index contributed by atoms with van der Waals surface area (Å²) in [5.74, 6) is -0.358. The molecule has 1 saturated heterocycles. The number of carbonyl (C=O) groups is 1. The Morgan fingerprint density at radius 1 is 1.29 bits per heavy atom. The van der Waals surface area contributed by atoms with Crippen molar-refractivity contribution in [3.05, 3.63) is 35.9 Å². The fourth-order valence-corrected chi connectivity index (χ4v) is 1.83. The second-order valence-corrected chi connectivity index (χ2v) is 4.14.